The van der Waals surface area contributed by atoms with E-state index in [9.17, 15) is 4.79 Å². The van der Waals surface area contributed by atoms with E-state index in [0.29, 0.717) is 12.1 Å². The van der Waals surface area contributed by atoms with Crippen LogP contribution in [0.25, 0.3) is 10.9 Å². The number of nitrogens with zero attached hydrogens (tertiary/aromatic N) is 4. The maximum absolute atomic E-state index is 12.4. The lowest BCUT2D eigenvalue weighted by Gasteiger charge is -2.19. The lowest BCUT2D eigenvalue weighted by molar-refractivity contribution is 0.0522. The molecule has 26 heavy (non-hydrogen) atoms. The minimum atomic E-state index is -0.592. The van der Waals surface area contributed by atoms with Gasteiger partial charge in [-0.3, -0.25) is 0 Å². The molecule has 136 valence electrons. The zero-order chi connectivity index (χ0) is 18.9. The molecule has 0 bridgehead atoms. The number of fused-ring (bicyclic) bond motifs is 1. The first-order valence-corrected chi connectivity index (χ1v) is 8.55. The van der Waals surface area contributed by atoms with Gasteiger partial charge < -0.3 is 10.1 Å². The lowest BCUT2D eigenvalue weighted by Crippen LogP contribution is -2.27. The fourth-order valence-corrected chi connectivity index (χ4v) is 2.65. The summed E-state index contributed by atoms with van der Waals surface area (Å²) in [5.74, 6) is 0. The van der Waals surface area contributed by atoms with Crippen molar-refractivity contribution in [1.82, 2.24) is 19.7 Å². The number of hydrogen-bond acceptors (Lipinski definition) is 6. The molecular formula is C18H20ClN5O2. The van der Waals surface area contributed by atoms with Gasteiger partial charge in [0, 0.05) is 17.3 Å². The second kappa shape index (κ2) is 6.92. The summed E-state index contributed by atoms with van der Waals surface area (Å²) in [5.41, 5.74) is 2.45. The van der Waals surface area contributed by atoms with Crippen LogP contribution < -0.4 is 5.32 Å². The molecule has 0 atom stereocenters. The SMILES string of the molecule is Cc1nn(C(=O)OC(C)(C)C)c2cc(NCc3ccnc(Cl)n3)ccc12. The van der Waals surface area contributed by atoms with Gasteiger partial charge in [0.1, 0.15) is 5.60 Å². The monoisotopic (exact) mass is 373 g/mol. The predicted molar refractivity (Wildman–Crippen MR) is 100 cm³/mol. The van der Waals surface area contributed by atoms with E-state index in [-0.39, 0.29) is 5.28 Å². The van der Waals surface area contributed by atoms with Crippen LogP contribution in [0.1, 0.15) is 32.2 Å². The molecule has 0 spiro atoms. The molecule has 7 nitrogen and oxygen atoms in total. The van der Waals surface area contributed by atoms with Gasteiger partial charge in [-0.1, -0.05) is 0 Å². The Balaban J connectivity index is 1.87. The van der Waals surface area contributed by atoms with Crippen LogP contribution in [0.15, 0.2) is 30.5 Å². The van der Waals surface area contributed by atoms with Gasteiger partial charge in [0.25, 0.3) is 0 Å². The summed E-state index contributed by atoms with van der Waals surface area (Å²) in [5, 5.41) is 8.68. The van der Waals surface area contributed by atoms with E-state index in [1.54, 1.807) is 12.3 Å². The van der Waals surface area contributed by atoms with Gasteiger partial charge in [-0.25, -0.2) is 14.8 Å². The van der Waals surface area contributed by atoms with Crippen molar-refractivity contribution in [2.45, 2.75) is 39.8 Å². The number of ether oxygens (including phenoxy) is 1. The fourth-order valence-electron chi connectivity index (χ4n) is 2.49. The van der Waals surface area contributed by atoms with E-state index in [1.165, 1.54) is 4.68 Å². The standard InChI is InChI=1S/C18H20ClN5O2/c1-11-14-6-5-12(21-10-13-7-8-20-16(19)22-13)9-15(14)24(23-11)17(25)26-18(2,3)4/h5-9,21H,10H2,1-4H3. The normalized spacial score (nSPS) is 11.6. The van der Waals surface area contributed by atoms with Crippen LogP contribution in [0, 0.1) is 6.92 Å². The van der Waals surface area contributed by atoms with Crippen molar-refractivity contribution >= 4 is 34.3 Å². The van der Waals surface area contributed by atoms with Gasteiger partial charge in [0.05, 0.1) is 23.4 Å². The molecule has 0 fully saturated rings. The van der Waals surface area contributed by atoms with Crippen molar-refractivity contribution in [3.05, 3.63) is 47.1 Å². The molecule has 0 unspecified atom stereocenters. The zero-order valence-electron chi connectivity index (χ0n) is 15.1. The minimum Gasteiger partial charge on any atom is -0.442 e. The molecule has 0 saturated heterocycles. The molecular weight excluding hydrogens is 354 g/mol. The Bertz CT molecular complexity index is 962. The van der Waals surface area contributed by atoms with Crippen LogP contribution in [0.5, 0.6) is 0 Å². The van der Waals surface area contributed by atoms with E-state index < -0.39 is 11.7 Å². The summed E-state index contributed by atoms with van der Waals surface area (Å²) < 4.78 is 6.73. The van der Waals surface area contributed by atoms with Crippen molar-refractivity contribution in [2.75, 3.05) is 5.32 Å². The number of anilines is 1. The molecule has 0 aliphatic heterocycles. The van der Waals surface area contributed by atoms with E-state index in [2.05, 4.69) is 20.4 Å². The smallest absolute Gasteiger partial charge is 0.435 e. The average molecular weight is 374 g/mol. The molecule has 1 aromatic carbocycles. The van der Waals surface area contributed by atoms with Crippen LogP contribution in [0.4, 0.5) is 10.5 Å². The molecule has 1 N–H and O–H groups in total. The number of nitrogens with one attached hydrogen (secondary N) is 1. The van der Waals surface area contributed by atoms with Crippen LogP contribution in [-0.4, -0.2) is 31.4 Å². The third-order valence-electron chi connectivity index (χ3n) is 3.59. The maximum Gasteiger partial charge on any atom is 0.435 e. The van der Waals surface area contributed by atoms with E-state index in [1.807, 2.05) is 45.9 Å². The number of hydrogen-bond donors (Lipinski definition) is 1. The topological polar surface area (TPSA) is 81.9 Å². The first-order chi connectivity index (χ1) is 12.2. The molecule has 3 rings (SSSR count). The van der Waals surface area contributed by atoms with Crippen molar-refractivity contribution in [3.63, 3.8) is 0 Å². The highest BCUT2D eigenvalue weighted by Crippen LogP contribution is 2.23. The molecule has 0 amide bonds. The molecule has 2 aromatic heterocycles. The van der Waals surface area contributed by atoms with Crippen LogP contribution in [-0.2, 0) is 11.3 Å². The number of rotatable bonds is 3. The quantitative estimate of drug-likeness (QED) is 0.693. The Morgan fingerprint density at radius 1 is 1.31 bits per heavy atom. The van der Waals surface area contributed by atoms with Gasteiger partial charge in [0.15, 0.2) is 0 Å². The van der Waals surface area contributed by atoms with Gasteiger partial charge in [-0.05, 0) is 63.6 Å². The highest BCUT2D eigenvalue weighted by molar-refractivity contribution is 6.28. The number of carbonyl (C=O) groups excluding carboxylic acids is 1. The predicted octanol–water partition coefficient (Wildman–Crippen LogP) is 4.18. The van der Waals surface area contributed by atoms with Crippen LogP contribution >= 0.6 is 11.6 Å². The molecule has 0 aliphatic rings. The first kappa shape index (κ1) is 18.1. The van der Waals surface area contributed by atoms with E-state index in [0.717, 1.165) is 22.5 Å². The second-order valence-corrected chi connectivity index (χ2v) is 7.22. The average Bonchev–Trinajstić information content (AvgIpc) is 2.88. The molecule has 0 saturated carbocycles. The van der Waals surface area contributed by atoms with E-state index >= 15 is 0 Å². The highest BCUT2D eigenvalue weighted by atomic mass is 35.5. The largest absolute Gasteiger partial charge is 0.442 e. The molecule has 0 radical (unpaired) electrons. The summed E-state index contributed by atoms with van der Waals surface area (Å²) in [7, 11) is 0. The molecule has 0 aliphatic carbocycles. The molecule has 3 aromatic rings. The number of aryl methyl sites for hydroxylation is 1. The third-order valence-corrected chi connectivity index (χ3v) is 3.77. The summed E-state index contributed by atoms with van der Waals surface area (Å²) in [6.45, 7) is 7.81. The Kier molecular flexibility index (Phi) is 4.82. The number of halogens is 1. The Labute approximate surface area is 156 Å². The number of carbonyl (C=O) groups is 1. The zero-order valence-corrected chi connectivity index (χ0v) is 15.8. The van der Waals surface area contributed by atoms with Gasteiger partial charge in [0.2, 0.25) is 5.28 Å². The lowest BCUT2D eigenvalue weighted by atomic mass is 10.2. The minimum absolute atomic E-state index is 0.207. The maximum atomic E-state index is 12.4. The molecule has 2 heterocycles. The Morgan fingerprint density at radius 3 is 2.77 bits per heavy atom. The second-order valence-electron chi connectivity index (χ2n) is 6.88. The molecule has 8 heteroatoms. The summed E-state index contributed by atoms with van der Waals surface area (Å²) >= 11 is 5.80. The van der Waals surface area contributed by atoms with Crippen molar-refractivity contribution in [2.24, 2.45) is 0 Å². The summed E-state index contributed by atoms with van der Waals surface area (Å²) in [6, 6.07) is 7.50. The van der Waals surface area contributed by atoms with Gasteiger partial charge in [-0.15, -0.1) is 0 Å². The Morgan fingerprint density at radius 2 is 2.08 bits per heavy atom. The van der Waals surface area contributed by atoms with Crippen molar-refractivity contribution in [3.8, 4) is 0 Å². The van der Waals surface area contributed by atoms with E-state index in [4.69, 9.17) is 16.3 Å². The highest BCUT2D eigenvalue weighted by Gasteiger charge is 2.21. The summed E-state index contributed by atoms with van der Waals surface area (Å²) in [6.07, 6.45) is 1.10. The number of benzene rings is 1. The van der Waals surface area contributed by atoms with Crippen LogP contribution in [0.2, 0.25) is 5.28 Å². The summed E-state index contributed by atoms with van der Waals surface area (Å²) in [4.78, 5) is 20.4. The van der Waals surface area contributed by atoms with Crippen molar-refractivity contribution in [1.29, 1.82) is 0 Å². The number of aromatic nitrogens is 4. The fraction of sp³-hybridized carbons (Fsp3) is 0.333. The third kappa shape index (κ3) is 4.11. The van der Waals surface area contributed by atoms with Gasteiger partial charge in [-0.2, -0.15) is 9.78 Å². The van der Waals surface area contributed by atoms with Gasteiger partial charge >= 0.3 is 6.09 Å². The van der Waals surface area contributed by atoms with Crippen molar-refractivity contribution < 1.29 is 9.53 Å². The van der Waals surface area contributed by atoms with Crippen LogP contribution in [0.3, 0.4) is 0 Å². The first-order valence-electron chi connectivity index (χ1n) is 8.17. The Hall–Kier alpha value is -2.67.